The van der Waals surface area contributed by atoms with Crippen LogP contribution in [0.2, 0.25) is 0 Å². The molecule has 2 aliphatic carbocycles. The number of thiophene rings is 2. The predicted octanol–water partition coefficient (Wildman–Crippen LogP) is 5.25. The number of fused-ring (bicyclic) bond motifs is 1. The molecule has 5 nitrogen and oxygen atoms in total. The van der Waals surface area contributed by atoms with Crippen LogP contribution in [-0.2, 0) is 17.6 Å². The third kappa shape index (κ3) is 3.12. The van der Waals surface area contributed by atoms with Crippen LogP contribution in [0, 0.1) is 22.7 Å². The molecule has 0 saturated heterocycles. The summed E-state index contributed by atoms with van der Waals surface area (Å²) in [6, 6.07) is 8.65. The van der Waals surface area contributed by atoms with Gasteiger partial charge in [-0.25, -0.2) is 0 Å². The molecule has 5 rings (SSSR count). The van der Waals surface area contributed by atoms with Gasteiger partial charge in [0.2, 0.25) is 0 Å². The van der Waals surface area contributed by atoms with E-state index in [1.807, 2.05) is 22.4 Å². The number of hydrogen-bond donors (Lipinski definition) is 1. The number of rotatable bonds is 2. The maximum Gasteiger partial charge on any atom is 0.161 e. The average Bonchev–Trinajstić information content (AvgIpc) is 3.35. The molecule has 3 heterocycles. The molecule has 1 atom stereocenters. The van der Waals surface area contributed by atoms with Gasteiger partial charge in [-0.15, -0.1) is 22.7 Å². The summed E-state index contributed by atoms with van der Waals surface area (Å²) >= 11 is 3.16. The van der Waals surface area contributed by atoms with Crippen LogP contribution in [0.5, 0.6) is 0 Å². The van der Waals surface area contributed by atoms with Gasteiger partial charge in [0.25, 0.3) is 0 Å². The molecule has 1 unspecified atom stereocenters. The van der Waals surface area contributed by atoms with Crippen molar-refractivity contribution in [3.8, 4) is 12.1 Å². The number of Topliss-reactive ketones (excluding diaryl/α,β-unsaturated/α-hetero) is 1. The molecule has 0 aromatic carbocycles. The van der Waals surface area contributed by atoms with Crippen molar-refractivity contribution in [1.29, 1.82) is 10.5 Å². The Hall–Kier alpha value is -2.87. The number of carbonyl (C=O) groups excluding carboxylic acids is 1. The Labute approximate surface area is 189 Å². The average molecular weight is 447 g/mol. The monoisotopic (exact) mass is 446 g/mol. The summed E-state index contributed by atoms with van der Waals surface area (Å²) in [7, 11) is 0. The zero-order chi connectivity index (χ0) is 21.5. The van der Waals surface area contributed by atoms with Crippen LogP contribution in [0.4, 0.5) is 5.00 Å². The molecular formula is C24H22N4OS2. The Morgan fingerprint density at radius 1 is 1.06 bits per heavy atom. The Balaban J connectivity index is 1.75. The van der Waals surface area contributed by atoms with E-state index in [1.165, 1.54) is 11.3 Å². The molecule has 0 spiro atoms. The molecule has 0 radical (unpaired) electrons. The minimum Gasteiger partial charge on any atom is -0.384 e. The molecule has 2 N–H and O–H groups in total. The van der Waals surface area contributed by atoms with Gasteiger partial charge in [-0.2, -0.15) is 10.5 Å². The van der Waals surface area contributed by atoms with Gasteiger partial charge in [-0.05, 0) is 55.5 Å². The highest BCUT2D eigenvalue weighted by Crippen LogP contribution is 2.50. The van der Waals surface area contributed by atoms with Crippen LogP contribution in [-0.4, -0.2) is 5.78 Å². The molecule has 2 aromatic heterocycles. The lowest BCUT2D eigenvalue weighted by molar-refractivity contribution is -0.116. The van der Waals surface area contributed by atoms with E-state index >= 15 is 0 Å². The highest BCUT2D eigenvalue weighted by molar-refractivity contribution is 7.16. The molecule has 31 heavy (non-hydrogen) atoms. The van der Waals surface area contributed by atoms with E-state index in [4.69, 9.17) is 5.73 Å². The molecule has 7 heteroatoms. The first-order valence-corrected chi connectivity index (χ1v) is 12.4. The molecule has 0 saturated carbocycles. The molecule has 156 valence electrons. The highest BCUT2D eigenvalue weighted by Gasteiger charge is 2.42. The van der Waals surface area contributed by atoms with Gasteiger partial charge in [0.05, 0.1) is 23.1 Å². The van der Waals surface area contributed by atoms with Crippen molar-refractivity contribution in [3.05, 3.63) is 61.1 Å². The normalized spacial score (nSPS) is 21.3. The molecule has 0 fully saturated rings. The first kappa shape index (κ1) is 20.1. The first-order valence-electron chi connectivity index (χ1n) is 10.7. The minimum atomic E-state index is -0.410. The molecule has 0 bridgehead atoms. The third-order valence-electron chi connectivity index (χ3n) is 6.46. The third-order valence-corrected chi connectivity index (χ3v) is 8.67. The summed E-state index contributed by atoms with van der Waals surface area (Å²) < 4.78 is 0. The summed E-state index contributed by atoms with van der Waals surface area (Å²) in [6.07, 6.45) is 7.22. The van der Waals surface area contributed by atoms with Gasteiger partial charge < -0.3 is 5.73 Å². The SMILES string of the molecule is N#CC1=C(N)N(c2sc3c(c2C#N)CCCCC3)C2=C(C(=O)CCC2)C1c1cccs1. The lowest BCUT2D eigenvalue weighted by Crippen LogP contribution is -2.38. The maximum atomic E-state index is 13.2. The van der Waals surface area contributed by atoms with E-state index in [2.05, 4.69) is 12.1 Å². The van der Waals surface area contributed by atoms with Crippen molar-refractivity contribution in [3.63, 3.8) is 0 Å². The van der Waals surface area contributed by atoms with E-state index in [1.54, 1.807) is 22.7 Å². The molecule has 1 aliphatic heterocycles. The van der Waals surface area contributed by atoms with Crippen molar-refractivity contribution in [2.45, 2.75) is 57.3 Å². The first-order chi connectivity index (χ1) is 15.2. The number of nitrogens with two attached hydrogens (primary N) is 1. The van der Waals surface area contributed by atoms with Gasteiger partial charge >= 0.3 is 0 Å². The topological polar surface area (TPSA) is 93.9 Å². The van der Waals surface area contributed by atoms with Gasteiger partial charge in [0.15, 0.2) is 5.78 Å². The molecule has 2 aromatic rings. The molecule has 0 amide bonds. The number of anilines is 1. The highest BCUT2D eigenvalue weighted by atomic mass is 32.1. The Bertz CT molecular complexity index is 1200. The zero-order valence-corrected chi connectivity index (χ0v) is 18.7. The number of carbonyl (C=O) groups is 1. The Morgan fingerprint density at radius 3 is 2.65 bits per heavy atom. The summed E-state index contributed by atoms with van der Waals surface area (Å²) in [5.74, 6) is 0.0381. The summed E-state index contributed by atoms with van der Waals surface area (Å²) in [5.41, 5.74) is 10.4. The van der Waals surface area contributed by atoms with E-state index in [9.17, 15) is 15.3 Å². The van der Waals surface area contributed by atoms with E-state index in [-0.39, 0.29) is 5.78 Å². The second kappa shape index (κ2) is 8.00. The van der Waals surface area contributed by atoms with Crippen molar-refractivity contribution >= 4 is 33.5 Å². The van der Waals surface area contributed by atoms with Gasteiger partial charge in [-0.1, -0.05) is 12.5 Å². The summed E-state index contributed by atoms with van der Waals surface area (Å²) in [6.45, 7) is 0. The van der Waals surface area contributed by atoms with E-state index in [0.29, 0.717) is 29.0 Å². The van der Waals surface area contributed by atoms with Crippen LogP contribution in [0.25, 0.3) is 0 Å². The smallest absolute Gasteiger partial charge is 0.161 e. The second-order valence-corrected chi connectivity index (χ2v) is 10.3. The van der Waals surface area contributed by atoms with E-state index in [0.717, 1.165) is 59.7 Å². The Kier molecular flexibility index (Phi) is 5.17. The van der Waals surface area contributed by atoms with Crippen LogP contribution in [0.1, 0.15) is 65.3 Å². The van der Waals surface area contributed by atoms with Crippen molar-refractivity contribution < 1.29 is 4.79 Å². The summed E-state index contributed by atoms with van der Waals surface area (Å²) in [4.78, 5) is 17.3. The number of allylic oxidation sites excluding steroid dienone is 3. The fraction of sp³-hybridized carbons (Fsp3) is 0.375. The number of hydrogen-bond acceptors (Lipinski definition) is 7. The fourth-order valence-electron chi connectivity index (χ4n) is 5.06. The lowest BCUT2D eigenvalue weighted by atomic mass is 9.78. The molecular weight excluding hydrogens is 424 g/mol. The zero-order valence-electron chi connectivity index (χ0n) is 17.1. The lowest BCUT2D eigenvalue weighted by Gasteiger charge is -2.38. The summed E-state index contributed by atoms with van der Waals surface area (Å²) in [5, 5.41) is 22.9. The van der Waals surface area contributed by atoms with Crippen LogP contribution < -0.4 is 10.6 Å². The number of nitriles is 2. The number of ketones is 1. The minimum absolute atomic E-state index is 0.0847. The van der Waals surface area contributed by atoms with Gasteiger partial charge in [-0.3, -0.25) is 9.69 Å². The number of aryl methyl sites for hydroxylation is 1. The van der Waals surface area contributed by atoms with Crippen molar-refractivity contribution in [1.82, 2.24) is 0 Å². The van der Waals surface area contributed by atoms with Crippen LogP contribution in [0.15, 0.2) is 40.2 Å². The van der Waals surface area contributed by atoms with Crippen molar-refractivity contribution in [2.75, 3.05) is 4.90 Å². The van der Waals surface area contributed by atoms with Crippen molar-refractivity contribution in [2.24, 2.45) is 5.73 Å². The standard InChI is InChI=1S/C24H22N4OS2/c25-12-15-14-6-2-1-3-9-19(14)31-24(15)28-17-7-4-8-18(29)22(17)21(16(13-26)23(28)27)20-10-5-11-30-20/h5,10-11,21H,1-4,6-9,27H2. The predicted molar refractivity (Wildman–Crippen MR) is 123 cm³/mol. The quantitative estimate of drug-likeness (QED) is 0.636. The maximum absolute atomic E-state index is 13.2. The fourth-order valence-corrected chi connectivity index (χ4v) is 7.28. The largest absolute Gasteiger partial charge is 0.384 e. The second-order valence-electron chi connectivity index (χ2n) is 8.19. The Morgan fingerprint density at radius 2 is 1.90 bits per heavy atom. The van der Waals surface area contributed by atoms with E-state index < -0.39 is 5.92 Å². The van der Waals surface area contributed by atoms with Crippen LogP contribution in [0.3, 0.4) is 0 Å². The number of nitrogens with zero attached hydrogens (tertiary/aromatic N) is 3. The van der Waals surface area contributed by atoms with Crippen LogP contribution >= 0.6 is 22.7 Å². The molecule has 3 aliphatic rings. The van der Waals surface area contributed by atoms with Gasteiger partial charge in [0, 0.05) is 27.4 Å². The van der Waals surface area contributed by atoms with Gasteiger partial charge in [0.1, 0.15) is 16.9 Å².